The van der Waals surface area contributed by atoms with E-state index in [1.165, 1.54) is 18.2 Å². The number of rotatable bonds is 6. The van der Waals surface area contributed by atoms with Gasteiger partial charge in [-0.3, -0.25) is 4.79 Å². The van der Waals surface area contributed by atoms with Gasteiger partial charge in [0.2, 0.25) is 0 Å². The van der Waals surface area contributed by atoms with E-state index in [0.29, 0.717) is 34.9 Å². The number of nitrogens with zero attached hydrogens (tertiary/aromatic N) is 3. The number of halogens is 6. The number of carbonyl (C=O) groups excluding carboxylic acids is 1. The second-order valence-electron chi connectivity index (χ2n) is 8.63. The lowest BCUT2D eigenvalue weighted by molar-refractivity contribution is -0.275. The number of pyridine rings is 1. The molecule has 1 aromatic heterocycles. The first-order valence-electron chi connectivity index (χ1n) is 11.2. The van der Waals surface area contributed by atoms with Gasteiger partial charge in [0, 0.05) is 46.9 Å². The number of benzene rings is 2. The van der Waals surface area contributed by atoms with Crippen molar-refractivity contribution in [3.63, 3.8) is 0 Å². The van der Waals surface area contributed by atoms with Gasteiger partial charge in [-0.2, -0.15) is 13.2 Å². The van der Waals surface area contributed by atoms with Crippen LogP contribution < -0.4 is 0 Å². The SMILES string of the molecule is CCN(Cc1ccc(Cl)nc1)C(=O)c1ccc(C2=NOC(c3cc(Cl)cc(Cl)c3)(C(F)(F)F)C2)cc1C. The molecule has 0 bridgehead atoms. The van der Waals surface area contributed by atoms with Crippen molar-refractivity contribution in [2.75, 3.05) is 6.54 Å². The minimum atomic E-state index is -4.80. The Bertz CT molecular complexity index is 1340. The van der Waals surface area contributed by atoms with Gasteiger partial charge < -0.3 is 9.74 Å². The molecule has 37 heavy (non-hydrogen) atoms. The van der Waals surface area contributed by atoms with E-state index in [2.05, 4.69) is 10.1 Å². The van der Waals surface area contributed by atoms with E-state index >= 15 is 0 Å². The zero-order chi connectivity index (χ0) is 27.0. The van der Waals surface area contributed by atoms with Gasteiger partial charge in [-0.25, -0.2) is 4.98 Å². The molecule has 1 unspecified atom stereocenters. The van der Waals surface area contributed by atoms with Gasteiger partial charge in [0.15, 0.2) is 0 Å². The highest BCUT2D eigenvalue weighted by molar-refractivity contribution is 6.34. The standard InChI is InChI=1S/C26H21Cl3F3N3O2/c1-3-35(14-16-4-7-23(29)33-13-16)24(36)21-6-5-17(8-15(21)2)22-12-25(37-34-22,26(30,31)32)18-9-19(27)11-20(28)10-18/h4-11,13H,3,12,14H2,1-2H3. The Morgan fingerprint density at radius 2 is 1.78 bits per heavy atom. The number of aromatic nitrogens is 1. The lowest BCUT2D eigenvalue weighted by Gasteiger charge is -2.29. The third-order valence-corrected chi connectivity index (χ3v) is 6.80. The first-order valence-corrected chi connectivity index (χ1v) is 12.4. The van der Waals surface area contributed by atoms with Crippen LogP contribution in [0.2, 0.25) is 15.2 Å². The molecule has 1 aliphatic rings. The van der Waals surface area contributed by atoms with Crippen molar-refractivity contribution < 1.29 is 22.8 Å². The highest BCUT2D eigenvalue weighted by Gasteiger charge is 2.62. The van der Waals surface area contributed by atoms with Crippen molar-refractivity contribution in [2.24, 2.45) is 5.16 Å². The van der Waals surface area contributed by atoms with Crippen LogP contribution in [-0.2, 0) is 17.0 Å². The second kappa shape index (κ2) is 10.5. The summed E-state index contributed by atoms with van der Waals surface area (Å²) in [5, 5.41) is 4.25. The van der Waals surface area contributed by atoms with Gasteiger partial charge in [0.1, 0.15) is 5.15 Å². The second-order valence-corrected chi connectivity index (χ2v) is 9.89. The predicted octanol–water partition coefficient (Wildman–Crippen LogP) is 7.59. The van der Waals surface area contributed by atoms with Crippen molar-refractivity contribution in [1.29, 1.82) is 0 Å². The van der Waals surface area contributed by atoms with Crippen LogP contribution in [0.25, 0.3) is 0 Å². The Kier molecular flexibility index (Phi) is 7.74. The van der Waals surface area contributed by atoms with Crippen LogP contribution in [0, 0.1) is 6.92 Å². The van der Waals surface area contributed by atoms with E-state index in [-0.39, 0.29) is 27.2 Å². The number of hydrogen-bond donors (Lipinski definition) is 0. The molecule has 11 heteroatoms. The minimum absolute atomic E-state index is 0.0525. The molecule has 0 aliphatic carbocycles. The summed E-state index contributed by atoms with van der Waals surface area (Å²) in [5.74, 6) is -0.218. The molecular formula is C26H21Cl3F3N3O2. The molecule has 2 heterocycles. The van der Waals surface area contributed by atoms with Crippen LogP contribution in [0.5, 0.6) is 0 Å². The average molecular weight is 571 g/mol. The number of aryl methyl sites for hydroxylation is 1. The number of alkyl halides is 3. The van der Waals surface area contributed by atoms with E-state index in [1.54, 1.807) is 48.4 Å². The van der Waals surface area contributed by atoms with E-state index in [1.807, 2.05) is 6.92 Å². The van der Waals surface area contributed by atoms with Gasteiger partial charge in [0.05, 0.1) is 5.71 Å². The normalized spacial score (nSPS) is 17.4. The number of oxime groups is 1. The molecule has 1 aliphatic heterocycles. The number of amides is 1. The third-order valence-electron chi connectivity index (χ3n) is 6.14. The maximum Gasteiger partial charge on any atom is 0.435 e. The Hall–Kier alpha value is -2.81. The van der Waals surface area contributed by atoms with Crippen LogP contribution in [0.15, 0.2) is 59.9 Å². The van der Waals surface area contributed by atoms with Crippen molar-refractivity contribution in [3.05, 3.63) is 97.7 Å². The Labute approximate surface area is 226 Å². The van der Waals surface area contributed by atoms with Crippen molar-refractivity contribution >= 4 is 46.4 Å². The van der Waals surface area contributed by atoms with Gasteiger partial charge in [-0.15, -0.1) is 0 Å². The Morgan fingerprint density at radius 3 is 2.35 bits per heavy atom. The molecule has 0 saturated carbocycles. The third kappa shape index (κ3) is 5.56. The van der Waals surface area contributed by atoms with Gasteiger partial charge >= 0.3 is 6.18 Å². The number of carbonyl (C=O) groups is 1. The minimum Gasteiger partial charge on any atom is -0.374 e. The van der Waals surface area contributed by atoms with Crippen molar-refractivity contribution in [1.82, 2.24) is 9.88 Å². The summed E-state index contributed by atoms with van der Waals surface area (Å²) < 4.78 is 42.9. The molecule has 3 aromatic rings. The van der Waals surface area contributed by atoms with Crippen LogP contribution in [0.1, 0.15) is 46.0 Å². The average Bonchev–Trinajstić information content (AvgIpc) is 3.30. The van der Waals surface area contributed by atoms with E-state index in [4.69, 9.17) is 39.6 Å². The van der Waals surface area contributed by atoms with E-state index < -0.39 is 18.2 Å². The van der Waals surface area contributed by atoms with Crippen LogP contribution >= 0.6 is 34.8 Å². The maximum atomic E-state index is 14.3. The monoisotopic (exact) mass is 569 g/mol. The molecule has 0 N–H and O–H groups in total. The summed E-state index contributed by atoms with van der Waals surface area (Å²) in [4.78, 5) is 24.0. The zero-order valence-electron chi connectivity index (χ0n) is 19.7. The summed E-state index contributed by atoms with van der Waals surface area (Å²) in [6.07, 6.45) is -3.77. The van der Waals surface area contributed by atoms with Gasteiger partial charge in [-0.05, 0) is 66.9 Å². The molecule has 1 atom stereocenters. The van der Waals surface area contributed by atoms with Crippen LogP contribution in [0.3, 0.4) is 0 Å². The largest absolute Gasteiger partial charge is 0.435 e. The molecule has 0 spiro atoms. The van der Waals surface area contributed by atoms with E-state index in [9.17, 15) is 18.0 Å². The van der Waals surface area contributed by atoms with E-state index in [0.717, 1.165) is 5.56 Å². The molecule has 5 nitrogen and oxygen atoms in total. The van der Waals surface area contributed by atoms with Gasteiger partial charge in [0.25, 0.3) is 11.5 Å². The molecule has 0 fully saturated rings. The fraction of sp³-hybridized carbons (Fsp3) is 0.269. The fourth-order valence-electron chi connectivity index (χ4n) is 4.15. The zero-order valence-corrected chi connectivity index (χ0v) is 22.0. The molecular weight excluding hydrogens is 550 g/mol. The highest BCUT2D eigenvalue weighted by atomic mass is 35.5. The van der Waals surface area contributed by atoms with Crippen molar-refractivity contribution in [2.45, 2.75) is 38.6 Å². The fourth-order valence-corrected chi connectivity index (χ4v) is 4.78. The lowest BCUT2D eigenvalue weighted by atomic mass is 9.86. The highest BCUT2D eigenvalue weighted by Crippen LogP contribution is 2.49. The number of hydrogen-bond acceptors (Lipinski definition) is 4. The molecule has 0 radical (unpaired) electrons. The summed E-state index contributed by atoms with van der Waals surface area (Å²) in [6.45, 7) is 4.35. The smallest absolute Gasteiger partial charge is 0.374 e. The molecule has 2 aromatic carbocycles. The van der Waals surface area contributed by atoms with Crippen molar-refractivity contribution in [3.8, 4) is 0 Å². The van der Waals surface area contributed by atoms with Crippen LogP contribution in [0.4, 0.5) is 13.2 Å². The summed E-state index contributed by atoms with van der Waals surface area (Å²) >= 11 is 17.8. The Balaban J connectivity index is 1.59. The molecule has 0 saturated heterocycles. The summed E-state index contributed by atoms with van der Waals surface area (Å²) in [6, 6.07) is 11.9. The summed E-state index contributed by atoms with van der Waals surface area (Å²) in [7, 11) is 0. The quantitative estimate of drug-likeness (QED) is 0.287. The molecule has 1 amide bonds. The molecule has 194 valence electrons. The van der Waals surface area contributed by atoms with Gasteiger partial charge in [-0.1, -0.05) is 52.1 Å². The predicted molar refractivity (Wildman–Crippen MR) is 137 cm³/mol. The summed E-state index contributed by atoms with van der Waals surface area (Å²) in [5.41, 5.74) is -0.631. The topological polar surface area (TPSA) is 54.8 Å². The first kappa shape index (κ1) is 27.2. The lowest BCUT2D eigenvalue weighted by Crippen LogP contribution is -2.42. The Morgan fingerprint density at radius 1 is 1.08 bits per heavy atom. The first-order chi connectivity index (χ1) is 17.4. The maximum absolute atomic E-state index is 14.3. The van der Waals surface area contributed by atoms with Crippen LogP contribution in [-0.4, -0.2) is 34.2 Å². The molecule has 4 rings (SSSR count).